The normalized spacial score (nSPS) is 21.1. The summed E-state index contributed by atoms with van der Waals surface area (Å²) in [7, 11) is -3.35. The highest BCUT2D eigenvalue weighted by atomic mass is 35.5. The van der Waals surface area contributed by atoms with Crippen LogP contribution in [0.2, 0.25) is 5.02 Å². The first-order chi connectivity index (χ1) is 17.2. The molecule has 2 aromatic heterocycles. The van der Waals surface area contributed by atoms with Gasteiger partial charge in [0.15, 0.2) is 0 Å². The van der Waals surface area contributed by atoms with Gasteiger partial charge >= 0.3 is 0 Å². The Hall–Kier alpha value is -3.40. The van der Waals surface area contributed by atoms with Gasteiger partial charge in [0.25, 0.3) is 0 Å². The van der Waals surface area contributed by atoms with Crippen molar-refractivity contribution in [1.29, 1.82) is 0 Å². The van der Waals surface area contributed by atoms with Crippen LogP contribution in [0.15, 0.2) is 67.4 Å². The summed E-state index contributed by atoms with van der Waals surface area (Å²) in [6.07, 6.45) is 8.70. The summed E-state index contributed by atoms with van der Waals surface area (Å²) in [5, 5.41) is 2.43. The summed E-state index contributed by atoms with van der Waals surface area (Å²) >= 11 is 6.23. The van der Waals surface area contributed by atoms with E-state index >= 15 is 0 Å². The summed E-state index contributed by atoms with van der Waals surface area (Å²) in [6, 6.07) is 13.1. The molecule has 10 heteroatoms. The number of anilines is 1. The fourth-order valence-electron chi connectivity index (χ4n) is 5.57. The van der Waals surface area contributed by atoms with Crippen LogP contribution in [-0.2, 0) is 26.8 Å². The molecule has 1 saturated carbocycles. The van der Waals surface area contributed by atoms with Crippen LogP contribution >= 0.6 is 11.6 Å². The molecule has 36 heavy (non-hydrogen) atoms. The van der Waals surface area contributed by atoms with E-state index in [1.54, 1.807) is 23.5 Å². The summed E-state index contributed by atoms with van der Waals surface area (Å²) in [4.78, 5) is 28.8. The van der Waals surface area contributed by atoms with Gasteiger partial charge < -0.3 is 4.90 Å². The van der Waals surface area contributed by atoms with Gasteiger partial charge in [-0.3, -0.25) is 9.78 Å². The molecule has 0 radical (unpaired) electrons. The Labute approximate surface area is 213 Å². The van der Waals surface area contributed by atoms with Crippen LogP contribution in [-0.4, -0.2) is 41.6 Å². The molecule has 8 nitrogen and oxygen atoms in total. The van der Waals surface area contributed by atoms with Gasteiger partial charge in [-0.25, -0.2) is 23.1 Å². The monoisotopic (exact) mass is 519 g/mol. The second-order valence-electron chi connectivity index (χ2n) is 9.42. The molecule has 1 spiro atoms. The van der Waals surface area contributed by atoms with Crippen molar-refractivity contribution in [3.05, 3.63) is 83.7 Å². The molecule has 0 atom stereocenters. The Morgan fingerprint density at radius 2 is 1.86 bits per heavy atom. The van der Waals surface area contributed by atoms with Gasteiger partial charge in [-0.1, -0.05) is 35.9 Å². The van der Waals surface area contributed by atoms with E-state index in [2.05, 4.69) is 14.7 Å². The minimum atomic E-state index is -3.35. The predicted octanol–water partition coefficient (Wildman–Crippen LogP) is 3.84. The molecule has 4 aromatic rings. The number of benzene rings is 2. The second-order valence-corrected chi connectivity index (χ2v) is 11.6. The zero-order valence-electron chi connectivity index (χ0n) is 19.3. The lowest BCUT2D eigenvalue weighted by atomic mass is 9.62. The molecule has 2 aromatic carbocycles. The average molecular weight is 520 g/mol. The summed E-state index contributed by atoms with van der Waals surface area (Å²) in [6.45, 7) is 0.255. The zero-order chi connectivity index (χ0) is 25.1. The maximum atomic E-state index is 13.9. The number of para-hydroxylation sites is 1. The third-order valence-electron chi connectivity index (χ3n) is 7.02. The highest BCUT2D eigenvalue weighted by molar-refractivity contribution is 7.88. The van der Waals surface area contributed by atoms with Crippen LogP contribution in [0, 0.1) is 0 Å². The van der Waals surface area contributed by atoms with Crippen LogP contribution in [0.5, 0.6) is 0 Å². The maximum Gasteiger partial charge on any atom is 0.238 e. The Morgan fingerprint density at radius 3 is 2.61 bits per heavy atom. The molecule has 6 rings (SSSR count). The minimum absolute atomic E-state index is 0.0384. The average Bonchev–Trinajstić information content (AvgIpc) is 3.07. The Kier molecular flexibility index (Phi) is 5.33. The fraction of sp³-hybridized carbons (Fsp3) is 0.231. The molecule has 1 N–H and O–H groups in total. The van der Waals surface area contributed by atoms with Crippen LogP contribution in [0.4, 0.5) is 5.69 Å². The molecular formula is C26H22ClN5O3S. The van der Waals surface area contributed by atoms with Gasteiger partial charge in [0.1, 0.15) is 6.33 Å². The molecule has 0 bridgehead atoms. The largest absolute Gasteiger partial charge is 0.305 e. The lowest BCUT2D eigenvalue weighted by molar-refractivity contribution is -0.126. The quantitative estimate of drug-likeness (QED) is 0.429. The number of amides is 1. The number of aromatic nitrogens is 3. The van der Waals surface area contributed by atoms with Crippen molar-refractivity contribution >= 4 is 44.0 Å². The van der Waals surface area contributed by atoms with E-state index in [0.29, 0.717) is 23.6 Å². The van der Waals surface area contributed by atoms with Crippen molar-refractivity contribution in [2.45, 2.75) is 30.8 Å². The Balaban J connectivity index is 1.42. The van der Waals surface area contributed by atoms with E-state index < -0.39 is 15.4 Å². The van der Waals surface area contributed by atoms with Crippen molar-refractivity contribution in [2.75, 3.05) is 11.2 Å². The molecule has 1 fully saturated rings. The molecule has 1 aliphatic carbocycles. The maximum absolute atomic E-state index is 13.9. The van der Waals surface area contributed by atoms with Gasteiger partial charge in [-0.05, 0) is 42.0 Å². The lowest BCUT2D eigenvalue weighted by Crippen LogP contribution is -2.57. The number of rotatable bonds is 5. The zero-order valence-corrected chi connectivity index (χ0v) is 20.9. The van der Waals surface area contributed by atoms with Crippen molar-refractivity contribution in [2.24, 2.45) is 0 Å². The van der Waals surface area contributed by atoms with Gasteiger partial charge in [0, 0.05) is 51.9 Å². The molecular weight excluding hydrogens is 498 g/mol. The third kappa shape index (κ3) is 3.75. The first-order valence-corrected chi connectivity index (χ1v) is 13.7. The van der Waals surface area contributed by atoms with Crippen molar-refractivity contribution in [1.82, 2.24) is 19.7 Å². The third-order valence-corrected chi connectivity index (χ3v) is 8.02. The highest BCUT2D eigenvalue weighted by Crippen LogP contribution is 2.54. The van der Waals surface area contributed by atoms with Crippen molar-refractivity contribution in [3.63, 3.8) is 0 Å². The van der Waals surface area contributed by atoms with Crippen molar-refractivity contribution in [3.8, 4) is 11.1 Å². The number of nitrogens with one attached hydrogen (secondary N) is 1. The first-order valence-electron chi connectivity index (χ1n) is 11.5. The number of sulfonamides is 1. The topological polar surface area (TPSA) is 105 Å². The Bertz CT molecular complexity index is 1620. The fourth-order valence-corrected chi connectivity index (χ4v) is 6.52. The molecule has 1 amide bonds. The van der Waals surface area contributed by atoms with Gasteiger partial charge in [0.05, 0.1) is 23.9 Å². The van der Waals surface area contributed by atoms with Gasteiger partial charge in [-0.2, -0.15) is 0 Å². The molecule has 2 aliphatic rings. The number of carbonyl (C=O) groups is 1. The van der Waals surface area contributed by atoms with E-state index in [9.17, 15) is 13.2 Å². The number of hydrogen-bond donors (Lipinski definition) is 1. The number of carbonyl (C=O) groups excluding carboxylic acids is 1. The number of hydrogen-bond acceptors (Lipinski definition) is 6. The summed E-state index contributed by atoms with van der Waals surface area (Å²) in [5.74, 6) is -0.0384. The van der Waals surface area contributed by atoms with E-state index in [-0.39, 0.29) is 18.5 Å². The van der Waals surface area contributed by atoms with Crippen LogP contribution in [0.1, 0.15) is 24.1 Å². The van der Waals surface area contributed by atoms with E-state index in [1.165, 1.54) is 6.33 Å². The minimum Gasteiger partial charge on any atom is -0.305 e. The van der Waals surface area contributed by atoms with Gasteiger partial charge in [-0.15, -0.1) is 0 Å². The van der Waals surface area contributed by atoms with Crippen molar-refractivity contribution < 1.29 is 13.2 Å². The predicted molar refractivity (Wildman–Crippen MR) is 138 cm³/mol. The summed E-state index contributed by atoms with van der Waals surface area (Å²) in [5.41, 5.74) is 3.38. The number of nitrogens with zero attached hydrogens (tertiary/aromatic N) is 4. The van der Waals surface area contributed by atoms with E-state index in [4.69, 9.17) is 16.6 Å². The number of fused-ring (bicyclic) bond motifs is 3. The smallest absolute Gasteiger partial charge is 0.238 e. The molecule has 182 valence electrons. The second kappa shape index (κ2) is 8.33. The Morgan fingerprint density at radius 1 is 1.11 bits per heavy atom. The standard InChI is InChI=1S/C26H22ClN5O3S/c1-36(34,35)31-19-9-26(10-19)21-4-2-3-5-23(21)32(25(26)33)14-22-24(17-11-28-15-29-12-17)20-7-6-18(27)8-16(20)13-30-22/h2-8,11-13,15,19,31H,9-10,14H2,1H3. The number of halogens is 1. The SMILES string of the molecule is CS(=O)(=O)NC1CC2(C1)C(=O)N(Cc1ncc3cc(Cl)ccc3c1-c1cncnc1)c1ccccc12. The lowest BCUT2D eigenvalue weighted by Gasteiger charge is -2.43. The first kappa shape index (κ1) is 23.0. The van der Waals surface area contributed by atoms with Crippen LogP contribution < -0.4 is 9.62 Å². The number of pyridine rings is 1. The van der Waals surface area contributed by atoms with Crippen LogP contribution in [0.3, 0.4) is 0 Å². The van der Waals surface area contributed by atoms with Gasteiger partial charge in [0.2, 0.25) is 15.9 Å². The summed E-state index contributed by atoms with van der Waals surface area (Å²) < 4.78 is 26.1. The van der Waals surface area contributed by atoms with E-state index in [1.807, 2.05) is 42.5 Å². The highest BCUT2D eigenvalue weighted by Gasteiger charge is 2.58. The van der Waals surface area contributed by atoms with Crippen LogP contribution in [0.25, 0.3) is 21.9 Å². The molecule has 0 unspecified atom stereocenters. The molecule has 0 saturated heterocycles. The molecule has 1 aliphatic heterocycles. The van der Waals surface area contributed by atoms with E-state index in [0.717, 1.165) is 39.4 Å². The molecule has 3 heterocycles.